The van der Waals surface area contributed by atoms with Gasteiger partial charge in [0, 0.05) is 25.7 Å². The normalized spacial score (nSPS) is 16.5. The molecule has 0 aromatic rings. The molecule has 0 bridgehead atoms. The molecule has 0 aromatic carbocycles. The molecule has 0 N–H and O–H groups in total. The molecule has 5 unspecified atom stereocenters. The van der Waals surface area contributed by atoms with Gasteiger partial charge in [0.05, 0.1) is 39.6 Å². The van der Waals surface area contributed by atoms with Crippen LogP contribution in [0.3, 0.4) is 0 Å². The Morgan fingerprint density at radius 1 is 0.339 bits per heavy atom. The Labute approximate surface area is 750 Å². The predicted molar refractivity (Wildman–Crippen MR) is 458 cm³/mol. The summed E-state index contributed by atoms with van der Waals surface area (Å²) in [5, 5.41) is 0. The predicted octanol–water partition coefficient (Wildman–Crippen LogP) is 20.1. The second-order valence-electron chi connectivity index (χ2n) is 32.5. The van der Waals surface area contributed by atoms with Crippen LogP contribution in [0.4, 0.5) is 0 Å². The topological polar surface area (TPSA) is 259 Å². The van der Waals surface area contributed by atoms with Crippen LogP contribution in [0, 0.1) is 0 Å². The summed E-state index contributed by atoms with van der Waals surface area (Å²) in [5.41, 5.74) is 0. The minimum atomic E-state index is -4.77. The first-order valence-electron chi connectivity index (χ1n) is 46.3. The van der Waals surface area contributed by atoms with Gasteiger partial charge in [0.1, 0.15) is 25.4 Å². The summed E-state index contributed by atoms with van der Waals surface area (Å²) in [6.45, 7) is 13.0. The maximum absolute atomic E-state index is 12.8. The molecule has 20 nitrogen and oxygen atoms in total. The number of phosphoric ester groups is 2. The van der Waals surface area contributed by atoms with E-state index in [0.717, 1.165) is 96.3 Å². The molecule has 674 valence electrons. The third-order valence-corrected chi connectivity index (χ3v) is 22.9. The van der Waals surface area contributed by atoms with Crippen molar-refractivity contribution in [3.05, 3.63) is 0 Å². The van der Waals surface area contributed by atoms with Crippen molar-refractivity contribution in [2.45, 2.75) is 511 Å². The molecule has 2 aliphatic rings. The van der Waals surface area contributed by atoms with Gasteiger partial charge >= 0.3 is 83.0 Å². The van der Waals surface area contributed by atoms with Crippen LogP contribution in [-0.2, 0) is 84.3 Å². The van der Waals surface area contributed by atoms with Gasteiger partial charge in [0.15, 0.2) is 24.3 Å². The minimum absolute atomic E-state index is 0. The van der Waals surface area contributed by atoms with Crippen LogP contribution < -0.4 is 68.9 Å². The van der Waals surface area contributed by atoms with E-state index in [-0.39, 0.29) is 146 Å². The van der Waals surface area contributed by atoms with E-state index in [9.17, 15) is 38.1 Å². The zero-order valence-electron chi connectivity index (χ0n) is 74.4. The summed E-state index contributed by atoms with van der Waals surface area (Å²) in [6.07, 6.45) is 69.5. The van der Waals surface area contributed by atoms with Crippen molar-refractivity contribution in [2.24, 2.45) is 0 Å². The van der Waals surface area contributed by atoms with Crippen molar-refractivity contribution in [1.29, 1.82) is 0 Å². The second kappa shape index (κ2) is 87.4. The number of ether oxygens (including phenoxy) is 8. The van der Waals surface area contributed by atoms with Crippen LogP contribution in [0.1, 0.15) is 474 Å². The number of phosphoric acid groups is 2. The van der Waals surface area contributed by atoms with Gasteiger partial charge in [-0.1, -0.05) is 396 Å². The van der Waals surface area contributed by atoms with Crippen molar-refractivity contribution in [3.8, 4) is 0 Å². The molecule has 2 fully saturated rings. The van der Waals surface area contributed by atoms with Gasteiger partial charge in [0.2, 0.25) is 0 Å². The largest absolute Gasteiger partial charge is 1.00 e. The molecule has 0 amide bonds. The Morgan fingerprint density at radius 2 is 0.583 bits per heavy atom. The zero-order valence-corrected chi connectivity index (χ0v) is 80.1. The second-order valence-corrected chi connectivity index (χ2v) is 35.3. The van der Waals surface area contributed by atoms with Gasteiger partial charge in [-0.2, -0.15) is 0 Å². The van der Waals surface area contributed by atoms with E-state index in [1.54, 1.807) is 13.8 Å². The average molecular weight is 1700 g/mol. The zero-order chi connectivity index (χ0) is 81.1. The van der Waals surface area contributed by atoms with Crippen LogP contribution in [0.5, 0.6) is 0 Å². The summed E-state index contributed by atoms with van der Waals surface area (Å²) >= 11 is 0. The first kappa shape index (κ1) is 121. The number of hydrogen-bond donors (Lipinski definition) is 0. The van der Waals surface area contributed by atoms with Gasteiger partial charge in [-0.15, -0.1) is 0 Å². The quantitative estimate of drug-likeness (QED) is 0.0180. The van der Waals surface area contributed by atoms with Crippen LogP contribution in [0.2, 0.25) is 0 Å². The minimum Gasteiger partial charge on any atom is -0.756 e. The van der Waals surface area contributed by atoms with Crippen molar-refractivity contribution in [3.63, 3.8) is 0 Å². The van der Waals surface area contributed by atoms with E-state index >= 15 is 0 Å². The molecule has 0 aromatic heterocycles. The Bertz CT molecular complexity index is 2220. The van der Waals surface area contributed by atoms with Crippen molar-refractivity contribution < 1.29 is 153 Å². The summed E-state index contributed by atoms with van der Waals surface area (Å²) < 4.78 is 90.1. The van der Waals surface area contributed by atoms with Gasteiger partial charge < -0.3 is 65.8 Å². The van der Waals surface area contributed by atoms with E-state index in [1.165, 1.54) is 276 Å². The smallest absolute Gasteiger partial charge is 0.756 e. The fourth-order valence-corrected chi connectivity index (χ4v) is 15.6. The summed E-state index contributed by atoms with van der Waals surface area (Å²) in [4.78, 5) is 75.6. The van der Waals surface area contributed by atoms with Gasteiger partial charge in [-0.3, -0.25) is 28.3 Å². The Balaban J connectivity index is -0.00000107. The van der Waals surface area contributed by atoms with E-state index in [4.69, 9.17) is 56.0 Å². The first-order chi connectivity index (χ1) is 53.9. The van der Waals surface area contributed by atoms with Crippen LogP contribution >= 0.6 is 15.6 Å². The number of carbonyl (C=O) groups excluding carboxylic acids is 4. The molecule has 0 aliphatic carbocycles. The summed E-state index contributed by atoms with van der Waals surface area (Å²) in [5.74, 6) is -2.54. The Hall–Kier alpha value is -0.0600. The number of hydrogen-bond acceptors (Lipinski definition) is 20. The van der Waals surface area contributed by atoms with Crippen molar-refractivity contribution in [1.82, 2.24) is 0 Å². The molecule has 2 aliphatic heterocycles. The van der Waals surface area contributed by atoms with Gasteiger partial charge in [-0.25, -0.2) is 0 Å². The standard InChI is InChI=1S/C52H101O10P.C37H71O10P.2CH4.2Na/c1-4-7-10-13-16-19-22-23-24-25-28-31-34-37-40-43-52-58-45-49(62-52)47-60-63(55,56)59-46-48(61-51(54)42-39-36-33-30-27-21-18-15-12-9-6-3)44-57-50(53)41-38-35-32-29-26-20-17-14-11-8-5-2;1-5-7-9-11-13-15-17-19-21-23-25-27-35(38)42-29-33(31-44-48(40,41)45-32-34-30-43-37(3,4)47-34)46-36(39)28-26-24-22-20-18-16-14-12-10-8-6-2;;;;/h48-49,52H,4-47H2,1-3H3,(H,55,56);33-34H,5-32H2,1-4H3,(H,40,41);2*1H4;;/q;;;;2*+1/p-2/t48-,49?,52?;33-,34?;;;;/m11..../s1. The van der Waals surface area contributed by atoms with Crippen LogP contribution in [-0.4, -0.2) is 113 Å². The monoisotopic (exact) mass is 1700 g/mol. The molecular weight excluding hydrogens is 1520 g/mol. The number of esters is 4. The molecular formula is C91H178Na2O20P2. The number of carbonyl (C=O) groups is 4. The Kier molecular flexibility index (Phi) is 92.2. The summed E-state index contributed by atoms with van der Waals surface area (Å²) in [6, 6.07) is 0. The van der Waals surface area contributed by atoms with Crippen LogP contribution in [0.15, 0.2) is 0 Å². The number of unbranched alkanes of at least 4 members (excludes halogenated alkanes) is 54. The molecule has 2 heterocycles. The van der Waals surface area contributed by atoms with E-state index in [1.807, 2.05) is 0 Å². The molecule has 2 saturated heterocycles. The van der Waals surface area contributed by atoms with Gasteiger partial charge in [-0.05, 0) is 52.4 Å². The molecule has 24 heteroatoms. The maximum Gasteiger partial charge on any atom is 1.00 e. The molecule has 2 rings (SSSR count). The van der Waals surface area contributed by atoms with E-state index < -0.39 is 82.9 Å². The molecule has 0 radical (unpaired) electrons. The summed E-state index contributed by atoms with van der Waals surface area (Å²) in [7, 11) is -9.51. The average Bonchev–Trinajstić information content (AvgIpc) is 1.70. The van der Waals surface area contributed by atoms with E-state index in [0.29, 0.717) is 12.8 Å². The fourth-order valence-electron chi connectivity index (χ4n) is 14.0. The fraction of sp³-hybridized carbons (Fsp3) is 0.956. The van der Waals surface area contributed by atoms with Crippen molar-refractivity contribution in [2.75, 3.05) is 52.9 Å². The molecule has 115 heavy (non-hydrogen) atoms. The van der Waals surface area contributed by atoms with Crippen LogP contribution in [0.25, 0.3) is 0 Å². The van der Waals surface area contributed by atoms with E-state index in [2.05, 4.69) is 34.6 Å². The molecule has 7 atom stereocenters. The third-order valence-electron chi connectivity index (χ3n) is 21.0. The molecule has 0 spiro atoms. The maximum atomic E-state index is 12.8. The molecule has 0 saturated carbocycles. The van der Waals surface area contributed by atoms with Crippen molar-refractivity contribution >= 4 is 39.5 Å². The Morgan fingerprint density at radius 3 is 0.843 bits per heavy atom. The van der Waals surface area contributed by atoms with Gasteiger partial charge in [0.25, 0.3) is 15.6 Å². The first-order valence-corrected chi connectivity index (χ1v) is 49.3. The third kappa shape index (κ3) is 83.3. The number of rotatable bonds is 82. The SMILES string of the molecule is C.C.CCCCCCCCCCCCCC(=O)OC[C@H](COP(=O)([O-])OCC1COC(C)(C)O1)OC(=O)CCCCCCCCCCCCC.CCCCCCCCCCCCCCCCCC1OCC(COP(=O)([O-])OC[C@@H](COC(=O)CCCCCCCCCCCCC)OC(=O)CCCCCCCCCCCCC)O1.[Na+].[Na+].